The Bertz CT molecular complexity index is 374. The van der Waals surface area contributed by atoms with E-state index in [1.807, 2.05) is 13.8 Å². The molecule has 1 aromatic rings. The van der Waals surface area contributed by atoms with Crippen LogP contribution >= 0.6 is 15.9 Å². The third kappa shape index (κ3) is 3.25. The van der Waals surface area contributed by atoms with Crippen molar-refractivity contribution in [2.24, 2.45) is 11.8 Å². The van der Waals surface area contributed by atoms with Crippen LogP contribution in [0.4, 0.5) is 4.39 Å². The lowest BCUT2D eigenvalue weighted by Gasteiger charge is -2.29. The lowest BCUT2D eigenvalue weighted by atomic mass is 9.93. The van der Waals surface area contributed by atoms with Crippen molar-refractivity contribution in [3.8, 4) is 0 Å². The summed E-state index contributed by atoms with van der Waals surface area (Å²) in [5.41, 5.74) is 3.14. The van der Waals surface area contributed by atoms with Gasteiger partial charge in [-0.1, -0.05) is 26.0 Å². The topological polar surface area (TPSA) is 47.3 Å². The number of ether oxygens (including phenoxy) is 1. The molecule has 1 rings (SSSR count). The lowest BCUT2D eigenvalue weighted by molar-refractivity contribution is 0.0316. The van der Waals surface area contributed by atoms with Gasteiger partial charge in [0, 0.05) is 12.7 Å². The standard InChI is InChI=1S/C12H18BrFN2O/c1-7(2)12(17-3)11(16-15)8-5-4-6-9(13)10(8)14/h4-7,11-12,16H,15H2,1-3H3. The summed E-state index contributed by atoms with van der Waals surface area (Å²) in [7, 11) is 1.60. The highest BCUT2D eigenvalue weighted by atomic mass is 79.9. The van der Waals surface area contributed by atoms with Crippen LogP contribution in [-0.2, 0) is 4.74 Å². The number of hydrazine groups is 1. The molecule has 17 heavy (non-hydrogen) atoms. The second-order valence-corrected chi connectivity index (χ2v) is 5.09. The van der Waals surface area contributed by atoms with Gasteiger partial charge in [-0.3, -0.25) is 11.3 Å². The van der Waals surface area contributed by atoms with Crippen LogP contribution in [0.5, 0.6) is 0 Å². The molecule has 2 unspecified atom stereocenters. The first-order chi connectivity index (χ1) is 8.02. The molecule has 3 nitrogen and oxygen atoms in total. The highest BCUT2D eigenvalue weighted by Gasteiger charge is 2.27. The van der Waals surface area contributed by atoms with Crippen LogP contribution in [0.15, 0.2) is 22.7 Å². The number of methoxy groups -OCH3 is 1. The zero-order valence-electron chi connectivity index (χ0n) is 10.2. The maximum absolute atomic E-state index is 14.0. The highest BCUT2D eigenvalue weighted by molar-refractivity contribution is 9.10. The van der Waals surface area contributed by atoms with Gasteiger partial charge in [0.25, 0.3) is 0 Å². The molecule has 0 radical (unpaired) electrons. The third-order valence-electron chi connectivity index (χ3n) is 2.75. The molecule has 2 atom stereocenters. The number of benzene rings is 1. The summed E-state index contributed by atoms with van der Waals surface area (Å²) >= 11 is 3.17. The Labute approximate surface area is 110 Å². The molecule has 5 heteroatoms. The van der Waals surface area contributed by atoms with Gasteiger partial charge in [-0.25, -0.2) is 4.39 Å². The molecule has 0 amide bonds. The minimum atomic E-state index is -0.377. The van der Waals surface area contributed by atoms with Crippen molar-refractivity contribution >= 4 is 15.9 Å². The van der Waals surface area contributed by atoms with E-state index in [4.69, 9.17) is 10.6 Å². The summed E-state index contributed by atoms with van der Waals surface area (Å²) in [5.74, 6) is 5.44. The van der Waals surface area contributed by atoms with Crippen LogP contribution < -0.4 is 11.3 Å². The molecule has 0 aliphatic carbocycles. The summed E-state index contributed by atoms with van der Waals surface area (Å²) < 4.78 is 19.8. The third-order valence-corrected chi connectivity index (χ3v) is 3.37. The van der Waals surface area contributed by atoms with E-state index >= 15 is 0 Å². The van der Waals surface area contributed by atoms with Crippen LogP contribution in [0.1, 0.15) is 25.5 Å². The van der Waals surface area contributed by atoms with E-state index in [1.165, 1.54) is 0 Å². The normalized spacial score (nSPS) is 15.0. The maximum Gasteiger partial charge on any atom is 0.142 e. The molecule has 0 saturated heterocycles. The van der Waals surface area contributed by atoms with Gasteiger partial charge in [0.05, 0.1) is 16.6 Å². The zero-order valence-corrected chi connectivity index (χ0v) is 11.8. The molecular formula is C12H18BrFN2O. The molecule has 0 aliphatic heterocycles. The molecule has 0 saturated carbocycles. The quantitative estimate of drug-likeness (QED) is 0.649. The fraction of sp³-hybridized carbons (Fsp3) is 0.500. The van der Waals surface area contributed by atoms with E-state index < -0.39 is 0 Å². The van der Waals surface area contributed by atoms with E-state index in [1.54, 1.807) is 25.3 Å². The Balaban J connectivity index is 3.12. The summed E-state index contributed by atoms with van der Waals surface area (Å²) in [4.78, 5) is 0. The monoisotopic (exact) mass is 304 g/mol. The van der Waals surface area contributed by atoms with Crippen LogP contribution in [-0.4, -0.2) is 13.2 Å². The van der Waals surface area contributed by atoms with E-state index in [0.717, 1.165) is 0 Å². The van der Waals surface area contributed by atoms with Gasteiger partial charge in [0.2, 0.25) is 0 Å². The first-order valence-corrected chi connectivity index (χ1v) is 6.25. The van der Waals surface area contributed by atoms with E-state index in [9.17, 15) is 4.39 Å². The number of rotatable bonds is 5. The van der Waals surface area contributed by atoms with Crippen molar-refractivity contribution in [1.82, 2.24) is 5.43 Å². The van der Waals surface area contributed by atoms with E-state index in [2.05, 4.69) is 21.4 Å². The van der Waals surface area contributed by atoms with Crippen LogP contribution in [0.3, 0.4) is 0 Å². The summed E-state index contributed by atoms with van der Waals surface area (Å²) in [6.07, 6.45) is -0.191. The number of nitrogens with two attached hydrogens (primary N) is 1. The first kappa shape index (κ1) is 14.6. The van der Waals surface area contributed by atoms with Gasteiger partial charge in [0.15, 0.2) is 0 Å². The van der Waals surface area contributed by atoms with Crippen molar-refractivity contribution in [3.05, 3.63) is 34.1 Å². The summed E-state index contributed by atoms with van der Waals surface area (Å²) in [6, 6.07) is 4.76. The number of halogens is 2. The Morgan fingerprint density at radius 3 is 2.53 bits per heavy atom. The minimum Gasteiger partial charge on any atom is -0.379 e. The average molecular weight is 305 g/mol. The van der Waals surface area contributed by atoms with Gasteiger partial charge < -0.3 is 4.74 Å². The van der Waals surface area contributed by atoms with Gasteiger partial charge in [-0.15, -0.1) is 0 Å². The van der Waals surface area contributed by atoms with Crippen LogP contribution in [0, 0.1) is 11.7 Å². The first-order valence-electron chi connectivity index (χ1n) is 5.45. The van der Waals surface area contributed by atoms with Gasteiger partial charge in [0.1, 0.15) is 5.82 Å². The van der Waals surface area contributed by atoms with Crippen LogP contribution in [0.25, 0.3) is 0 Å². The molecule has 0 spiro atoms. The molecule has 3 N–H and O–H groups in total. The minimum absolute atomic E-state index is 0.191. The molecular weight excluding hydrogens is 287 g/mol. The Kier molecular flexibility index (Phi) is 5.52. The molecule has 96 valence electrons. The van der Waals surface area contributed by atoms with Gasteiger partial charge in [-0.05, 0) is 27.9 Å². The zero-order chi connectivity index (χ0) is 13.0. The van der Waals surface area contributed by atoms with Crippen molar-refractivity contribution in [2.75, 3.05) is 7.11 Å². The largest absolute Gasteiger partial charge is 0.379 e. The smallest absolute Gasteiger partial charge is 0.142 e. The Morgan fingerprint density at radius 1 is 1.41 bits per heavy atom. The molecule has 0 aliphatic rings. The second-order valence-electron chi connectivity index (χ2n) is 4.23. The van der Waals surface area contributed by atoms with Crippen molar-refractivity contribution in [1.29, 1.82) is 0 Å². The van der Waals surface area contributed by atoms with E-state index in [0.29, 0.717) is 10.0 Å². The SMILES string of the molecule is COC(C(C)C)C(NN)c1cccc(Br)c1F. The summed E-state index contributed by atoms with van der Waals surface area (Å²) in [5, 5.41) is 0. The fourth-order valence-corrected chi connectivity index (χ4v) is 2.30. The molecule has 0 bridgehead atoms. The van der Waals surface area contributed by atoms with Gasteiger partial charge in [-0.2, -0.15) is 0 Å². The predicted octanol–water partition coefficient (Wildman–Crippen LogP) is 2.76. The molecule has 1 aromatic carbocycles. The molecule has 0 fully saturated rings. The van der Waals surface area contributed by atoms with Gasteiger partial charge >= 0.3 is 0 Å². The van der Waals surface area contributed by atoms with Crippen molar-refractivity contribution in [2.45, 2.75) is 26.0 Å². The number of hydrogen-bond acceptors (Lipinski definition) is 3. The molecule has 0 aromatic heterocycles. The van der Waals surface area contributed by atoms with E-state index in [-0.39, 0.29) is 23.9 Å². The van der Waals surface area contributed by atoms with Crippen LogP contribution in [0.2, 0.25) is 0 Å². The second kappa shape index (κ2) is 6.44. The lowest BCUT2D eigenvalue weighted by Crippen LogP contribution is -2.40. The summed E-state index contributed by atoms with van der Waals surface area (Å²) in [6.45, 7) is 4.02. The Hall–Kier alpha value is -0.490. The maximum atomic E-state index is 14.0. The predicted molar refractivity (Wildman–Crippen MR) is 69.8 cm³/mol. The fourth-order valence-electron chi connectivity index (χ4n) is 1.92. The molecule has 0 heterocycles. The Morgan fingerprint density at radius 2 is 2.06 bits per heavy atom. The van der Waals surface area contributed by atoms with Crippen molar-refractivity contribution < 1.29 is 9.13 Å². The number of nitrogens with one attached hydrogen (secondary N) is 1. The number of hydrogen-bond donors (Lipinski definition) is 2. The average Bonchev–Trinajstić information content (AvgIpc) is 2.29. The highest BCUT2D eigenvalue weighted by Crippen LogP contribution is 2.29. The van der Waals surface area contributed by atoms with Crippen molar-refractivity contribution in [3.63, 3.8) is 0 Å².